The SMILES string of the molecule is C=CC(O)CCC[Se]c1ccccc1. The molecule has 0 saturated carbocycles. The van der Waals surface area contributed by atoms with Crippen molar-refractivity contribution in [3.63, 3.8) is 0 Å². The fraction of sp³-hybridized carbons (Fsp3) is 0.333. The van der Waals surface area contributed by atoms with E-state index in [0.29, 0.717) is 15.0 Å². The van der Waals surface area contributed by atoms with E-state index in [1.807, 2.05) is 6.07 Å². The summed E-state index contributed by atoms with van der Waals surface area (Å²) in [4.78, 5) is 0. The zero-order valence-corrected chi connectivity index (χ0v) is 9.94. The maximum atomic E-state index is 9.24. The first kappa shape index (κ1) is 11.5. The van der Waals surface area contributed by atoms with Gasteiger partial charge in [-0.25, -0.2) is 0 Å². The Balaban J connectivity index is 2.13. The molecular formula is C12H16OSe. The molecule has 0 heterocycles. The van der Waals surface area contributed by atoms with Crippen molar-refractivity contribution in [1.29, 1.82) is 0 Å². The summed E-state index contributed by atoms with van der Waals surface area (Å²) in [6, 6.07) is 10.5. The molecule has 1 unspecified atom stereocenters. The van der Waals surface area contributed by atoms with Crippen molar-refractivity contribution in [2.75, 3.05) is 0 Å². The molecule has 14 heavy (non-hydrogen) atoms. The summed E-state index contributed by atoms with van der Waals surface area (Å²) in [6.45, 7) is 3.55. The van der Waals surface area contributed by atoms with Gasteiger partial charge in [-0.15, -0.1) is 0 Å². The number of rotatable bonds is 6. The first-order valence-electron chi connectivity index (χ1n) is 4.81. The average molecular weight is 255 g/mol. The quantitative estimate of drug-likeness (QED) is 0.466. The van der Waals surface area contributed by atoms with Crippen molar-refractivity contribution in [3.05, 3.63) is 43.0 Å². The van der Waals surface area contributed by atoms with Crippen molar-refractivity contribution in [3.8, 4) is 0 Å². The maximum absolute atomic E-state index is 9.24. The van der Waals surface area contributed by atoms with Crippen LogP contribution in [0.15, 0.2) is 43.0 Å². The van der Waals surface area contributed by atoms with E-state index < -0.39 is 0 Å². The molecule has 1 N–H and O–H groups in total. The van der Waals surface area contributed by atoms with Crippen LogP contribution in [0.1, 0.15) is 12.8 Å². The molecule has 1 rings (SSSR count). The van der Waals surface area contributed by atoms with Gasteiger partial charge in [0.05, 0.1) is 0 Å². The molecule has 1 nitrogen and oxygen atoms in total. The van der Waals surface area contributed by atoms with E-state index >= 15 is 0 Å². The topological polar surface area (TPSA) is 20.2 Å². The fourth-order valence-corrected chi connectivity index (χ4v) is 3.00. The molecule has 0 saturated heterocycles. The van der Waals surface area contributed by atoms with Crippen LogP contribution in [0.4, 0.5) is 0 Å². The Morgan fingerprint density at radius 3 is 2.71 bits per heavy atom. The second-order valence-electron chi connectivity index (χ2n) is 3.11. The summed E-state index contributed by atoms with van der Waals surface area (Å²) in [7, 11) is 0. The molecular weight excluding hydrogens is 239 g/mol. The predicted octanol–water partition coefficient (Wildman–Crippen LogP) is 1.76. The molecule has 0 spiro atoms. The fourth-order valence-electron chi connectivity index (χ4n) is 1.12. The van der Waals surface area contributed by atoms with Crippen LogP contribution >= 0.6 is 0 Å². The Kier molecular flexibility index (Phi) is 5.62. The third-order valence-corrected chi connectivity index (χ3v) is 4.23. The molecule has 0 aliphatic rings. The van der Waals surface area contributed by atoms with Crippen LogP contribution in [0.5, 0.6) is 0 Å². The molecule has 1 atom stereocenters. The van der Waals surface area contributed by atoms with E-state index in [4.69, 9.17) is 0 Å². The van der Waals surface area contributed by atoms with Gasteiger partial charge in [0.25, 0.3) is 0 Å². The van der Waals surface area contributed by atoms with Crippen LogP contribution in [-0.2, 0) is 0 Å². The number of hydrogen-bond acceptors (Lipinski definition) is 1. The number of benzene rings is 1. The molecule has 2 heteroatoms. The van der Waals surface area contributed by atoms with Gasteiger partial charge in [0, 0.05) is 0 Å². The van der Waals surface area contributed by atoms with Crippen molar-refractivity contribution < 1.29 is 5.11 Å². The zero-order valence-electron chi connectivity index (χ0n) is 8.23. The third kappa shape index (κ3) is 4.61. The molecule has 0 amide bonds. The number of aliphatic hydroxyl groups is 1. The molecule has 76 valence electrons. The molecule has 0 fully saturated rings. The van der Waals surface area contributed by atoms with Gasteiger partial charge in [0.15, 0.2) is 0 Å². The zero-order chi connectivity index (χ0) is 10.2. The Labute approximate surface area is 92.0 Å². The van der Waals surface area contributed by atoms with E-state index in [-0.39, 0.29) is 6.10 Å². The normalized spacial score (nSPS) is 12.4. The number of hydrogen-bond donors (Lipinski definition) is 1. The number of aliphatic hydroxyl groups excluding tert-OH is 1. The van der Waals surface area contributed by atoms with Crippen LogP contribution in [-0.4, -0.2) is 26.2 Å². The Bertz CT molecular complexity index is 258. The minimum absolute atomic E-state index is 0.318. The van der Waals surface area contributed by atoms with Gasteiger partial charge in [0.1, 0.15) is 0 Å². The van der Waals surface area contributed by atoms with Crippen molar-refractivity contribution in [2.45, 2.75) is 24.3 Å². The molecule has 0 aliphatic carbocycles. The second-order valence-corrected chi connectivity index (χ2v) is 5.56. The van der Waals surface area contributed by atoms with Gasteiger partial charge in [-0.2, -0.15) is 0 Å². The Hall–Kier alpha value is -0.561. The molecule has 1 aromatic rings. The van der Waals surface area contributed by atoms with Crippen LogP contribution in [0, 0.1) is 0 Å². The van der Waals surface area contributed by atoms with Crippen molar-refractivity contribution in [2.24, 2.45) is 0 Å². The third-order valence-electron chi connectivity index (χ3n) is 1.93. The standard InChI is InChI=1S/C12H16OSe/c1-2-11(13)7-6-10-14-12-8-4-3-5-9-12/h2-5,8-9,11,13H,1,6-7,10H2. The van der Waals surface area contributed by atoms with Gasteiger partial charge in [-0.05, 0) is 0 Å². The van der Waals surface area contributed by atoms with Gasteiger partial charge in [-0.3, -0.25) is 0 Å². The molecule has 0 radical (unpaired) electrons. The van der Waals surface area contributed by atoms with Crippen LogP contribution in [0.2, 0.25) is 5.32 Å². The van der Waals surface area contributed by atoms with Crippen LogP contribution in [0.3, 0.4) is 0 Å². The van der Waals surface area contributed by atoms with Gasteiger partial charge < -0.3 is 0 Å². The van der Waals surface area contributed by atoms with E-state index in [1.165, 1.54) is 9.78 Å². The van der Waals surface area contributed by atoms with E-state index in [1.54, 1.807) is 6.08 Å². The molecule has 0 aliphatic heterocycles. The van der Waals surface area contributed by atoms with Crippen LogP contribution < -0.4 is 4.46 Å². The summed E-state index contributed by atoms with van der Waals surface area (Å²) in [5.74, 6) is 0. The molecule has 1 aromatic carbocycles. The summed E-state index contributed by atoms with van der Waals surface area (Å²) in [6.07, 6.45) is 3.22. The van der Waals surface area contributed by atoms with Crippen molar-refractivity contribution >= 4 is 19.4 Å². The average Bonchev–Trinajstić information content (AvgIpc) is 2.25. The summed E-state index contributed by atoms with van der Waals surface area (Å²) in [5.41, 5.74) is 0. The Morgan fingerprint density at radius 1 is 1.36 bits per heavy atom. The summed E-state index contributed by atoms with van der Waals surface area (Å²) >= 11 is 0.558. The van der Waals surface area contributed by atoms with E-state index in [9.17, 15) is 5.11 Å². The van der Waals surface area contributed by atoms with Crippen molar-refractivity contribution in [1.82, 2.24) is 0 Å². The van der Waals surface area contributed by atoms with Gasteiger partial charge in [-0.1, -0.05) is 0 Å². The first-order valence-corrected chi connectivity index (χ1v) is 6.88. The summed E-state index contributed by atoms with van der Waals surface area (Å²) in [5, 5.41) is 10.4. The van der Waals surface area contributed by atoms with Gasteiger partial charge >= 0.3 is 91.8 Å². The van der Waals surface area contributed by atoms with Gasteiger partial charge in [0.2, 0.25) is 0 Å². The minimum atomic E-state index is -0.318. The molecule has 0 aromatic heterocycles. The van der Waals surface area contributed by atoms with E-state index in [2.05, 4.69) is 30.8 Å². The van der Waals surface area contributed by atoms with E-state index in [0.717, 1.165) is 12.8 Å². The predicted molar refractivity (Wildman–Crippen MR) is 62.1 cm³/mol. The Morgan fingerprint density at radius 2 is 2.07 bits per heavy atom. The monoisotopic (exact) mass is 256 g/mol. The van der Waals surface area contributed by atoms with Crippen LogP contribution in [0.25, 0.3) is 0 Å². The first-order chi connectivity index (χ1) is 6.83. The second kappa shape index (κ2) is 6.83. The molecule has 0 bridgehead atoms. The summed E-state index contributed by atoms with van der Waals surface area (Å²) < 4.78 is 1.44.